The van der Waals surface area contributed by atoms with Crippen LogP contribution in [0.15, 0.2) is 42.5 Å². The second-order valence-electron chi connectivity index (χ2n) is 4.46. The number of benzene rings is 2. The Morgan fingerprint density at radius 3 is 2.42 bits per heavy atom. The Kier molecular flexibility index (Phi) is 3.63. The molecular formula is C16H14N2O. The van der Waals surface area contributed by atoms with Gasteiger partial charge in [-0.05, 0) is 43.7 Å². The molecule has 0 fully saturated rings. The van der Waals surface area contributed by atoms with E-state index in [1.165, 1.54) is 0 Å². The maximum atomic E-state index is 12.2. The summed E-state index contributed by atoms with van der Waals surface area (Å²) >= 11 is 0. The second kappa shape index (κ2) is 5.36. The number of nitriles is 1. The number of carbonyl (C=O) groups is 1. The molecule has 3 nitrogen and oxygen atoms in total. The van der Waals surface area contributed by atoms with Crippen molar-refractivity contribution in [2.45, 2.75) is 13.8 Å². The summed E-state index contributed by atoms with van der Waals surface area (Å²) in [5.74, 6) is -0.196. The van der Waals surface area contributed by atoms with E-state index in [9.17, 15) is 4.79 Å². The van der Waals surface area contributed by atoms with E-state index in [0.717, 1.165) is 16.8 Å². The van der Waals surface area contributed by atoms with Crippen LogP contribution in [0.5, 0.6) is 0 Å². The highest BCUT2D eigenvalue weighted by molar-refractivity contribution is 6.05. The molecule has 3 heteroatoms. The monoisotopic (exact) mass is 250 g/mol. The second-order valence-corrected chi connectivity index (χ2v) is 4.46. The first kappa shape index (κ1) is 12.8. The molecule has 2 rings (SSSR count). The van der Waals surface area contributed by atoms with E-state index >= 15 is 0 Å². The van der Waals surface area contributed by atoms with Gasteiger partial charge < -0.3 is 5.32 Å². The van der Waals surface area contributed by atoms with Crippen molar-refractivity contribution in [1.29, 1.82) is 5.26 Å². The first-order valence-electron chi connectivity index (χ1n) is 5.99. The maximum absolute atomic E-state index is 12.2. The predicted molar refractivity (Wildman–Crippen MR) is 75.0 cm³/mol. The largest absolute Gasteiger partial charge is 0.322 e. The van der Waals surface area contributed by atoms with Crippen molar-refractivity contribution in [1.82, 2.24) is 0 Å². The van der Waals surface area contributed by atoms with Crippen LogP contribution in [0, 0.1) is 25.2 Å². The summed E-state index contributed by atoms with van der Waals surface area (Å²) in [7, 11) is 0. The van der Waals surface area contributed by atoms with Crippen LogP contribution >= 0.6 is 0 Å². The average Bonchev–Trinajstić information content (AvgIpc) is 2.42. The van der Waals surface area contributed by atoms with Gasteiger partial charge in [0.2, 0.25) is 0 Å². The molecule has 0 bridgehead atoms. The maximum Gasteiger partial charge on any atom is 0.255 e. The molecule has 0 atom stereocenters. The van der Waals surface area contributed by atoms with Crippen molar-refractivity contribution in [3.63, 3.8) is 0 Å². The minimum absolute atomic E-state index is 0.196. The van der Waals surface area contributed by atoms with Crippen molar-refractivity contribution in [2.24, 2.45) is 0 Å². The zero-order valence-electron chi connectivity index (χ0n) is 10.9. The third kappa shape index (κ3) is 2.99. The lowest BCUT2D eigenvalue weighted by atomic mass is 10.0. The summed E-state index contributed by atoms with van der Waals surface area (Å²) in [6.07, 6.45) is 0. The van der Waals surface area contributed by atoms with Gasteiger partial charge in [-0.3, -0.25) is 4.79 Å². The van der Waals surface area contributed by atoms with Crippen LogP contribution in [-0.2, 0) is 0 Å². The molecule has 0 aromatic heterocycles. The molecule has 0 aliphatic rings. The van der Waals surface area contributed by atoms with Crippen LogP contribution in [0.4, 0.5) is 5.69 Å². The van der Waals surface area contributed by atoms with Gasteiger partial charge in [-0.15, -0.1) is 0 Å². The first-order chi connectivity index (χ1) is 9.10. The SMILES string of the molecule is Cc1ccc(NC(=O)c2cc(C#N)ccc2C)cc1. The lowest BCUT2D eigenvalue weighted by Gasteiger charge is -2.08. The zero-order chi connectivity index (χ0) is 13.8. The number of rotatable bonds is 2. The Morgan fingerprint density at radius 1 is 1.11 bits per heavy atom. The average molecular weight is 250 g/mol. The molecule has 0 aliphatic heterocycles. The Bertz CT molecular complexity index is 651. The number of aryl methyl sites for hydroxylation is 2. The summed E-state index contributed by atoms with van der Waals surface area (Å²) in [4.78, 5) is 12.2. The summed E-state index contributed by atoms with van der Waals surface area (Å²) in [5.41, 5.74) is 3.75. The zero-order valence-corrected chi connectivity index (χ0v) is 10.9. The number of nitrogens with one attached hydrogen (secondary N) is 1. The van der Waals surface area contributed by atoms with Crippen LogP contribution in [0.2, 0.25) is 0 Å². The highest BCUT2D eigenvalue weighted by Crippen LogP contribution is 2.14. The van der Waals surface area contributed by atoms with E-state index in [1.54, 1.807) is 18.2 Å². The van der Waals surface area contributed by atoms with Gasteiger partial charge in [0.25, 0.3) is 5.91 Å². The quantitative estimate of drug-likeness (QED) is 0.887. The summed E-state index contributed by atoms with van der Waals surface area (Å²) in [5, 5.41) is 11.7. The van der Waals surface area contributed by atoms with E-state index in [4.69, 9.17) is 5.26 Å². The van der Waals surface area contributed by atoms with Gasteiger partial charge in [0.15, 0.2) is 0 Å². The number of hydrogen-bond acceptors (Lipinski definition) is 2. The van der Waals surface area contributed by atoms with Gasteiger partial charge >= 0.3 is 0 Å². The van der Waals surface area contributed by atoms with E-state index in [2.05, 4.69) is 5.32 Å². The molecule has 1 amide bonds. The normalized spacial score (nSPS) is 9.74. The Balaban J connectivity index is 2.25. The third-order valence-corrected chi connectivity index (χ3v) is 2.92. The minimum atomic E-state index is -0.196. The molecule has 2 aromatic rings. The van der Waals surface area contributed by atoms with Crippen molar-refractivity contribution < 1.29 is 4.79 Å². The highest BCUT2D eigenvalue weighted by atomic mass is 16.1. The van der Waals surface area contributed by atoms with Crippen LogP contribution in [0.25, 0.3) is 0 Å². The summed E-state index contributed by atoms with van der Waals surface area (Å²) in [6, 6.07) is 14.7. The lowest BCUT2D eigenvalue weighted by molar-refractivity contribution is 0.102. The number of carbonyl (C=O) groups excluding carboxylic acids is 1. The molecule has 0 radical (unpaired) electrons. The van der Waals surface area contributed by atoms with Crippen molar-refractivity contribution in [3.05, 3.63) is 64.7 Å². The molecule has 1 N–H and O–H groups in total. The Hall–Kier alpha value is -2.60. The molecule has 0 saturated carbocycles. The standard InChI is InChI=1S/C16H14N2O/c1-11-3-7-14(8-4-11)18-16(19)15-9-13(10-17)6-5-12(15)2/h3-9H,1-2H3,(H,18,19). The molecule has 0 unspecified atom stereocenters. The minimum Gasteiger partial charge on any atom is -0.322 e. The van der Waals surface area contributed by atoms with E-state index in [0.29, 0.717) is 11.1 Å². The number of amides is 1. The molecule has 0 heterocycles. The molecule has 0 spiro atoms. The lowest BCUT2D eigenvalue weighted by Crippen LogP contribution is -2.13. The van der Waals surface area contributed by atoms with E-state index in [1.807, 2.05) is 44.2 Å². The predicted octanol–water partition coefficient (Wildman–Crippen LogP) is 3.43. The fraction of sp³-hybridized carbons (Fsp3) is 0.125. The van der Waals surface area contributed by atoms with Gasteiger partial charge in [-0.2, -0.15) is 5.26 Å². The van der Waals surface area contributed by atoms with Crippen LogP contribution in [0.1, 0.15) is 27.0 Å². The summed E-state index contributed by atoms with van der Waals surface area (Å²) < 4.78 is 0. The van der Waals surface area contributed by atoms with E-state index in [-0.39, 0.29) is 5.91 Å². The van der Waals surface area contributed by atoms with Crippen LogP contribution < -0.4 is 5.32 Å². The van der Waals surface area contributed by atoms with Crippen molar-refractivity contribution >= 4 is 11.6 Å². The Morgan fingerprint density at radius 2 is 1.79 bits per heavy atom. The molecule has 94 valence electrons. The van der Waals surface area contributed by atoms with Gasteiger partial charge in [-0.25, -0.2) is 0 Å². The number of nitrogens with zero attached hydrogens (tertiary/aromatic N) is 1. The van der Waals surface area contributed by atoms with Gasteiger partial charge in [0, 0.05) is 11.3 Å². The topological polar surface area (TPSA) is 52.9 Å². The molecule has 19 heavy (non-hydrogen) atoms. The number of hydrogen-bond donors (Lipinski definition) is 1. The molecule has 0 aliphatic carbocycles. The van der Waals surface area contributed by atoms with Gasteiger partial charge in [-0.1, -0.05) is 23.8 Å². The molecule has 2 aromatic carbocycles. The van der Waals surface area contributed by atoms with Crippen molar-refractivity contribution in [3.8, 4) is 6.07 Å². The van der Waals surface area contributed by atoms with E-state index < -0.39 is 0 Å². The first-order valence-corrected chi connectivity index (χ1v) is 5.99. The fourth-order valence-electron chi connectivity index (χ4n) is 1.77. The molecular weight excluding hydrogens is 236 g/mol. The van der Waals surface area contributed by atoms with Crippen LogP contribution in [-0.4, -0.2) is 5.91 Å². The van der Waals surface area contributed by atoms with Crippen LogP contribution in [0.3, 0.4) is 0 Å². The fourth-order valence-corrected chi connectivity index (χ4v) is 1.77. The smallest absolute Gasteiger partial charge is 0.255 e. The third-order valence-electron chi connectivity index (χ3n) is 2.92. The summed E-state index contributed by atoms with van der Waals surface area (Å²) in [6.45, 7) is 3.84. The Labute approximate surface area is 112 Å². The van der Waals surface area contributed by atoms with Gasteiger partial charge in [0.05, 0.1) is 11.6 Å². The van der Waals surface area contributed by atoms with Gasteiger partial charge in [0.1, 0.15) is 0 Å². The van der Waals surface area contributed by atoms with Crippen molar-refractivity contribution in [2.75, 3.05) is 5.32 Å². The number of anilines is 1. The molecule has 0 saturated heterocycles. The highest BCUT2D eigenvalue weighted by Gasteiger charge is 2.10.